The van der Waals surface area contributed by atoms with Gasteiger partial charge < -0.3 is 5.32 Å². The summed E-state index contributed by atoms with van der Waals surface area (Å²) in [6, 6.07) is 13.8. The Morgan fingerprint density at radius 2 is 1.88 bits per heavy atom. The summed E-state index contributed by atoms with van der Waals surface area (Å²) in [6.45, 7) is 2.10. The second kappa shape index (κ2) is 8.02. The van der Waals surface area contributed by atoms with Gasteiger partial charge in [0, 0.05) is 23.7 Å². The molecule has 0 atom stereocenters. The minimum absolute atomic E-state index is 0.0282. The van der Waals surface area contributed by atoms with E-state index in [1.807, 2.05) is 30.3 Å². The Labute approximate surface area is 144 Å². The van der Waals surface area contributed by atoms with E-state index in [9.17, 15) is 14.9 Å². The highest BCUT2D eigenvalue weighted by molar-refractivity contribution is 7.80. The maximum absolute atomic E-state index is 12.0. The molecule has 0 heterocycles. The zero-order valence-corrected chi connectivity index (χ0v) is 13.7. The Morgan fingerprint density at radius 3 is 2.50 bits per heavy atom. The lowest BCUT2D eigenvalue weighted by molar-refractivity contribution is -0.385. The normalized spacial score (nSPS) is 9.88. The summed E-state index contributed by atoms with van der Waals surface area (Å²) < 4.78 is 0. The van der Waals surface area contributed by atoms with E-state index >= 15 is 0 Å². The number of carbonyl (C=O) groups is 1. The molecule has 24 heavy (non-hydrogen) atoms. The van der Waals surface area contributed by atoms with Gasteiger partial charge >= 0.3 is 0 Å². The molecule has 7 nitrogen and oxygen atoms in total. The minimum Gasteiger partial charge on any atom is -0.357 e. The van der Waals surface area contributed by atoms with Crippen LogP contribution in [0.1, 0.15) is 21.5 Å². The van der Waals surface area contributed by atoms with Gasteiger partial charge in [0.1, 0.15) is 0 Å². The summed E-state index contributed by atoms with van der Waals surface area (Å²) >= 11 is 5.08. The van der Waals surface area contributed by atoms with Crippen molar-refractivity contribution in [2.45, 2.75) is 13.5 Å². The van der Waals surface area contributed by atoms with Crippen LogP contribution in [0.25, 0.3) is 0 Å². The number of rotatable bonds is 4. The summed E-state index contributed by atoms with van der Waals surface area (Å²) in [4.78, 5) is 22.3. The first-order valence-corrected chi connectivity index (χ1v) is 7.51. The molecule has 0 aliphatic heterocycles. The average Bonchev–Trinajstić information content (AvgIpc) is 2.58. The molecule has 0 aliphatic rings. The maximum atomic E-state index is 12.0. The number of amides is 1. The van der Waals surface area contributed by atoms with Crippen LogP contribution in [0, 0.1) is 17.0 Å². The van der Waals surface area contributed by atoms with Gasteiger partial charge in [0.25, 0.3) is 11.6 Å². The molecule has 2 rings (SSSR count). The van der Waals surface area contributed by atoms with E-state index in [0.717, 1.165) is 5.56 Å². The number of nitro groups is 1. The largest absolute Gasteiger partial charge is 0.357 e. The van der Waals surface area contributed by atoms with Crippen LogP contribution in [-0.4, -0.2) is 15.9 Å². The monoisotopic (exact) mass is 344 g/mol. The van der Waals surface area contributed by atoms with Gasteiger partial charge in [0.15, 0.2) is 5.11 Å². The molecule has 0 spiro atoms. The van der Waals surface area contributed by atoms with Crippen LogP contribution in [0.2, 0.25) is 0 Å². The predicted molar refractivity (Wildman–Crippen MR) is 94.3 cm³/mol. The third-order valence-corrected chi connectivity index (χ3v) is 3.49. The quantitative estimate of drug-likeness (QED) is 0.447. The molecule has 0 bridgehead atoms. The molecule has 2 aromatic rings. The van der Waals surface area contributed by atoms with Crippen molar-refractivity contribution < 1.29 is 9.72 Å². The first-order chi connectivity index (χ1) is 11.5. The lowest BCUT2D eigenvalue weighted by Gasteiger charge is -2.12. The molecule has 124 valence electrons. The van der Waals surface area contributed by atoms with E-state index in [-0.39, 0.29) is 10.8 Å². The number of hydrogen-bond acceptors (Lipinski definition) is 4. The van der Waals surface area contributed by atoms with Crippen LogP contribution in [-0.2, 0) is 6.54 Å². The molecular formula is C16H16N4O3S. The smallest absolute Gasteiger partial charge is 0.272 e. The van der Waals surface area contributed by atoms with Crippen LogP contribution in [0.5, 0.6) is 0 Å². The molecule has 1 amide bonds. The van der Waals surface area contributed by atoms with Crippen LogP contribution >= 0.6 is 12.2 Å². The Balaban J connectivity index is 1.85. The van der Waals surface area contributed by atoms with Gasteiger partial charge in [-0.1, -0.05) is 30.3 Å². The van der Waals surface area contributed by atoms with Gasteiger partial charge in [0.2, 0.25) is 0 Å². The molecule has 0 aromatic heterocycles. The fourth-order valence-corrected chi connectivity index (χ4v) is 2.13. The van der Waals surface area contributed by atoms with Crippen LogP contribution in [0.3, 0.4) is 0 Å². The van der Waals surface area contributed by atoms with Crippen molar-refractivity contribution in [1.29, 1.82) is 0 Å². The number of nitro benzene ring substituents is 1. The zero-order valence-electron chi connectivity index (χ0n) is 12.9. The number of nitrogens with one attached hydrogen (secondary N) is 3. The van der Waals surface area contributed by atoms with Crippen molar-refractivity contribution in [3.63, 3.8) is 0 Å². The topological polar surface area (TPSA) is 96.3 Å². The van der Waals surface area contributed by atoms with Crippen molar-refractivity contribution in [2.24, 2.45) is 0 Å². The highest BCUT2D eigenvalue weighted by Gasteiger charge is 2.13. The lowest BCUT2D eigenvalue weighted by atomic mass is 10.1. The van der Waals surface area contributed by atoms with E-state index in [1.165, 1.54) is 18.2 Å². The number of aryl methyl sites for hydroxylation is 1. The van der Waals surface area contributed by atoms with E-state index in [1.54, 1.807) is 6.92 Å². The van der Waals surface area contributed by atoms with Crippen LogP contribution in [0.4, 0.5) is 5.69 Å². The average molecular weight is 344 g/mol. The molecular weight excluding hydrogens is 328 g/mol. The van der Waals surface area contributed by atoms with Crippen LogP contribution in [0.15, 0.2) is 48.5 Å². The summed E-state index contributed by atoms with van der Waals surface area (Å²) in [6.07, 6.45) is 0. The predicted octanol–water partition coefficient (Wildman–Crippen LogP) is 2.21. The number of carbonyl (C=O) groups excluding carboxylic acids is 1. The van der Waals surface area contributed by atoms with Gasteiger partial charge in [0.05, 0.1) is 4.92 Å². The fraction of sp³-hybridized carbons (Fsp3) is 0.125. The Morgan fingerprint density at radius 1 is 1.17 bits per heavy atom. The highest BCUT2D eigenvalue weighted by atomic mass is 32.1. The number of nitrogens with zero attached hydrogens (tertiary/aromatic N) is 1. The maximum Gasteiger partial charge on any atom is 0.272 e. The SMILES string of the molecule is Cc1cc(C(=O)NNC(=S)NCc2ccccc2)ccc1[N+](=O)[O-]. The van der Waals surface area contributed by atoms with Gasteiger partial charge in [-0.2, -0.15) is 0 Å². The molecule has 0 saturated carbocycles. The number of hydrogen-bond donors (Lipinski definition) is 3. The molecule has 0 saturated heterocycles. The molecule has 3 N–H and O–H groups in total. The number of hydrazine groups is 1. The molecule has 8 heteroatoms. The van der Waals surface area contributed by atoms with E-state index in [2.05, 4.69) is 16.2 Å². The second-order valence-corrected chi connectivity index (χ2v) is 5.41. The summed E-state index contributed by atoms with van der Waals surface area (Å²) in [7, 11) is 0. The standard InChI is InChI=1S/C16H16N4O3S/c1-11-9-13(7-8-14(11)20(22)23)15(21)18-19-16(24)17-10-12-5-3-2-4-6-12/h2-9H,10H2,1H3,(H,18,21)(H2,17,19,24). The zero-order chi connectivity index (χ0) is 17.5. The fourth-order valence-electron chi connectivity index (χ4n) is 2.01. The van der Waals surface area contributed by atoms with Crippen molar-refractivity contribution in [2.75, 3.05) is 0 Å². The summed E-state index contributed by atoms with van der Waals surface area (Å²) in [5.74, 6) is -0.433. The first-order valence-electron chi connectivity index (χ1n) is 7.10. The third-order valence-electron chi connectivity index (χ3n) is 3.24. The van der Waals surface area contributed by atoms with E-state index < -0.39 is 10.8 Å². The lowest BCUT2D eigenvalue weighted by Crippen LogP contribution is -2.46. The molecule has 0 unspecified atom stereocenters. The van der Waals surface area contributed by atoms with Gasteiger partial charge in [-0.3, -0.25) is 25.8 Å². The highest BCUT2D eigenvalue weighted by Crippen LogP contribution is 2.18. The molecule has 0 aliphatic carbocycles. The third kappa shape index (κ3) is 4.75. The Kier molecular flexibility index (Phi) is 5.80. The summed E-state index contributed by atoms with van der Waals surface area (Å²) in [5, 5.41) is 14.0. The van der Waals surface area contributed by atoms with E-state index in [0.29, 0.717) is 17.7 Å². The second-order valence-electron chi connectivity index (χ2n) is 5.01. The van der Waals surface area contributed by atoms with Crippen molar-refractivity contribution in [3.8, 4) is 0 Å². The number of thiocarbonyl (C=S) groups is 1. The first kappa shape index (κ1) is 17.4. The van der Waals surface area contributed by atoms with Crippen molar-refractivity contribution in [3.05, 3.63) is 75.3 Å². The Bertz CT molecular complexity index is 765. The molecule has 2 aromatic carbocycles. The van der Waals surface area contributed by atoms with Gasteiger partial charge in [-0.25, -0.2) is 0 Å². The van der Waals surface area contributed by atoms with Gasteiger partial charge in [-0.05, 0) is 36.8 Å². The van der Waals surface area contributed by atoms with Gasteiger partial charge in [-0.15, -0.1) is 0 Å². The van der Waals surface area contributed by atoms with E-state index in [4.69, 9.17) is 12.2 Å². The van der Waals surface area contributed by atoms with Crippen LogP contribution < -0.4 is 16.2 Å². The summed E-state index contributed by atoms with van der Waals surface area (Å²) in [5.41, 5.74) is 6.79. The molecule has 0 radical (unpaired) electrons. The minimum atomic E-state index is -0.488. The Hall–Kier alpha value is -3.00. The molecule has 0 fully saturated rings. The van der Waals surface area contributed by atoms with Crippen molar-refractivity contribution in [1.82, 2.24) is 16.2 Å². The number of benzene rings is 2. The van der Waals surface area contributed by atoms with Crippen molar-refractivity contribution >= 4 is 28.9 Å².